The number of carbonyl (C=O) groups is 1. The molecule has 5 heteroatoms. The highest BCUT2D eigenvalue weighted by molar-refractivity contribution is 7.80. The molecular formula is C8H12N2O2S. The van der Waals surface area contributed by atoms with E-state index >= 15 is 0 Å². The second-order valence-corrected chi connectivity index (χ2v) is 4.33. The number of rotatable bonds is 0. The fraction of sp³-hybridized carbons (Fsp3) is 0.750. The lowest BCUT2D eigenvalue weighted by atomic mass is 9.82. The van der Waals surface area contributed by atoms with Gasteiger partial charge >= 0.3 is 0 Å². The fourth-order valence-corrected chi connectivity index (χ4v) is 2.24. The van der Waals surface area contributed by atoms with Gasteiger partial charge in [0.15, 0.2) is 5.11 Å². The van der Waals surface area contributed by atoms with Crippen LogP contribution < -0.4 is 10.6 Å². The zero-order chi connectivity index (χ0) is 9.69. The van der Waals surface area contributed by atoms with Crippen molar-refractivity contribution in [3.05, 3.63) is 0 Å². The molecule has 0 radical (unpaired) electrons. The highest BCUT2D eigenvalue weighted by atomic mass is 32.1. The molecule has 0 aromatic rings. The van der Waals surface area contributed by atoms with Crippen LogP contribution in [0.1, 0.15) is 20.3 Å². The fourth-order valence-electron chi connectivity index (χ4n) is 1.98. The summed E-state index contributed by atoms with van der Waals surface area (Å²) in [7, 11) is 0. The molecule has 72 valence electrons. The van der Waals surface area contributed by atoms with Crippen molar-refractivity contribution < 1.29 is 9.53 Å². The molecule has 2 rings (SSSR count). The van der Waals surface area contributed by atoms with E-state index in [9.17, 15) is 4.79 Å². The number of ether oxygens (including phenoxy) is 1. The van der Waals surface area contributed by atoms with Crippen molar-refractivity contribution in [1.82, 2.24) is 10.6 Å². The lowest BCUT2D eigenvalue weighted by Crippen LogP contribution is -2.58. The smallest absolute Gasteiger partial charge is 0.254 e. The Hall–Kier alpha value is -0.680. The predicted molar refractivity (Wildman–Crippen MR) is 51.3 cm³/mol. The van der Waals surface area contributed by atoms with Gasteiger partial charge in [0, 0.05) is 6.42 Å². The Labute approximate surface area is 82.0 Å². The Bertz CT molecular complexity index is 290. The first kappa shape index (κ1) is 8.90. The Morgan fingerprint density at radius 3 is 2.62 bits per heavy atom. The summed E-state index contributed by atoms with van der Waals surface area (Å²) in [5.74, 6) is -0.0694. The third-order valence-electron chi connectivity index (χ3n) is 2.91. The number of hydrogen-bond donors (Lipinski definition) is 2. The first-order valence-corrected chi connectivity index (χ1v) is 4.66. The van der Waals surface area contributed by atoms with Gasteiger partial charge in [-0.1, -0.05) is 0 Å². The summed E-state index contributed by atoms with van der Waals surface area (Å²) in [6.07, 6.45) is 0.673. The molecule has 0 aromatic carbocycles. The van der Waals surface area contributed by atoms with Crippen molar-refractivity contribution >= 4 is 23.2 Å². The lowest BCUT2D eigenvalue weighted by molar-refractivity contribution is -0.129. The van der Waals surface area contributed by atoms with Gasteiger partial charge in [-0.2, -0.15) is 0 Å². The molecule has 2 aliphatic heterocycles. The van der Waals surface area contributed by atoms with E-state index in [0.717, 1.165) is 0 Å². The molecule has 2 aliphatic rings. The zero-order valence-corrected chi connectivity index (χ0v) is 8.46. The maximum absolute atomic E-state index is 11.7. The maximum atomic E-state index is 11.7. The number of carbonyl (C=O) groups excluding carboxylic acids is 1. The first-order valence-electron chi connectivity index (χ1n) is 4.25. The highest BCUT2D eigenvalue weighted by Crippen LogP contribution is 2.37. The standard InChI is InChI=1S/C8H12N2O2S/c1-7(2)8(3-4-12-7)5(11)9-6(13)10-8/h3-4H2,1-2H3,(H2,9,10,11,13). The normalized spacial score (nSPS) is 36.5. The Kier molecular flexibility index (Phi) is 1.66. The van der Waals surface area contributed by atoms with Crippen molar-refractivity contribution in [2.75, 3.05) is 6.61 Å². The largest absolute Gasteiger partial charge is 0.372 e. The summed E-state index contributed by atoms with van der Waals surface area (Å²) in [5.41, 5.74) is -1.14. The Morgan fingerprint density at radius 2 is 2.23 bits per heavy atom. The van der Waals surface area contributed by atoms with Crippen LogP contribution in [-0.2, 0) is 9.53 Å². The monoisotopic (exact) mass is 200 g/mol. The molecule has 1 unspecified atom stereocenters. The van der Waals surface area contributed by atoms with E-state index in [1.54, 1.807) is 0 Å². The second-order valence-electron chi connectivity index (χ2n) is 3.92. The molecule has 1 atom stereocenters. The van der Waals surface area contributed by atoms with E-state index in [1.807, 2.05) is 13.8 Å². The minimum absolute atomic E-state index is 0.0694. The van der Waals surface area contributed by atoms with Crippen LogP contribution >= 0.6 is 12.2 Å². The van der Waals surface area contributed by atoms with E-state index in [0.29, 0.717) is 18.1 Å². The van der Waals surface area contributed by atoms with Crippen LogP contribution in [-0.4, -0.2) is 28.8 Å². The molecule has 2 heterocycles. The second kappa shape index (κ2) is 2.42. The summed E-state index contributed by atoms with van der Waals surface area (Å²) >= 11 is 4.91. The Morgan fingerprint density at radius 1 is 1.54 bits per heavy atom. The Balaban J connectivity index is 2.40. The van der Waals surface area contributed by atoms with Crippen LogP contribution in [0.4, 0.5) is 0 Å². The summed E-state index contributed by atoms with van der Waals surface area (Å²) in [6.45, 7) is 4.40. The lowest BCUT2D eigenvalue weighted by Gasteiger charge is -2.33. The van der Waals surface area contributed by atoms with Gasteiger partial charge in [-0.15, -0.1) is 0 Å². The molecule has 0 aliphatic carbocycles. The molecule has 2 N–H and O–H groups in total. The van der Waals surface area contributed by atoms with E-state index in [1.165, 1.54) is 0 Å². The predicted octanol–water partition coefficient (Wildman–Crippen LogP) is -0.0716. The number of amides is 1. The maximum Gasteiger partial charge on any atom is 0.254 e. The van der Waals surface area contributed by atoms with Gasteiger partial charge in [0.2, 0.25) is 0 Å². The molecule has 0 saturated carbocycles. The minimum Gasteiger partial charge on any atom is -0.372 e. The van der Waals surface area contributed by atoms with Gasteiger partial charge in [-0.3, -0.25) is 4.79 Å². The van der Waals surface area contributed by atoms with Crippen molar-refractivity contribution in [2.24, 2.45) is 0 Å². The topological polar surface area (TPSA) is 50.4 Å². The minimum atomic E-state index is -0.649. The van der Waals surface area contributed by atoms with E-state index in [2.05, 4.69) is 10.6 Å². The van der Waals surface area contributed by atoms with Gasteiger partial charge in [0.1, 0.15) is 5.54 Å². The van der Waals surface area contributed by atoms with E-state index in [4.69, 9.17) is 17.0 Å². The molecule has 0 aromatic heterocycles. The molecule has 2 fully saturated rings. The molecule has 0 bridgehead atoms. The van der Waals surface area contributed by atoms with Crippen LogP contribution in [0.15, 0.2) is 0 Å². The van der Waals surface area contributed by atoms with Crippen molar-refractivity contribution in [2.45, 2.75) is 31.4 Å². The summed E-state index contributed by atoms with van der Waals surface area (Å²) in [4.78, 5) is 11.7. The molecule has 4 nitrogen and oxygen atoms in total. The molecular weight excluding hydrogens is 188 g/mol. The number of hydrogen-bond acceptors (Lipinski definition) is 3. The quantitative estimate of drug-likeness (QED) is 0.537. The van der Waals surface area contributed by atoms with Gasteiger partial charge in [0.25, 0.3) is 5.91 Å². The van der Waals surface area contributed by atoms with Gasteiger partial charge in [0.05, 0.1) is 12.2 Å². The van der Waals surface area contributed by atoms with Crippen LogP contribution in [0, 0.1) is 0 Å². The van der Waals surface area contributed by atoms with Gasteiger partial charge in [-0.05, 0) is 26.1 Å². The van der Waals surface area contributed by atoms with E-state index < -0.39 is 11.1 Å². The first-order chi connectivity index (χ1) is 5.98. The van der Waals surface area contributed by atoms with Crippen LogP contribution in [0.2, 0.25) is 0 Å². The van der Waals surface area contributed by atoms with Crippen molar-refractivity contribution in [1.29, 1.82) is 0 Å². The SMILES string of the molecule is CC1(C)OCCC12NC(=S)NC2=O. The average Bonchev–Trinajstić information content (AvgIpc) is 2.40. The molecule has 1 spiro atoms. The van der Waals surface area contributed by atoms with Gasteiger partial charge < -0.3 is 15.4 Å². The van der Waals surface area contributed by atoms with Crippen LogP contribution in [0.25, 0.3) is 0 Å². The van der Waals surface area contributed by atoms with Crippen molar-refractivity contribution in [3.8, 4) is 0 Å². The molecule has 1 amide bonds. The summed E-state index contributed by atoms with van der Waals surface area (Å²) < 4.78 is 5.51. The zero-order valence-electron chi connectivity index (χ0n) is 7.64. The van der Waals surface area contributed by atoms with Crippen LogP contribution in [0.3, 0.4) is 0 Å². The summed E-state index contributed by atoms with van der Waals surface area (Å²) in [5, 5.41) is 6.03. The number of thiocarbonyl (C=S) groups is 1. The summed E-state index contributed by atoms with van der Waals surface area (Å²) in [6, 6.07) is 0. The number of nitrogens with one attached hydrogen (secondary N) is 2. The van der Waals surface area contributed by atoms with E-state index in [-0.39, 0.29) is 5.91 Å². The third-order valence-corrected chi connectivity index (χ3v) is 3.11. The van der Waals surface area contributed by atoms with Crippen molar-refractivity contribution in [3.63, 3.8) is 0 Å². The highest BCUT2D eigenvalue weighted by Gasteiger charge is 2.59. The third kappa shape index (κ3) is 1.00. The molecule has 2 saturated heterocycles. The van der Waals surface area contributed by atoms with Gasteiger partial charge in [-0.25, -0.2) is 0 Å². The average molecular weight is 200 g/mol. The van der Waals surface area contributed by atoms with Crippen LogP contribution in [0.5, 0.6) is 0 Å². The molecule has 13 heavy (non-hydrogen) atoms.